The largest absolute Gasteiger partial charge is 0.465 e. The smallest absolute Gasteiger partial charge is 0.343 e. The molecule has 4 aromatic rings. The number of ether oxygens (including phenoxy) is 1. The molecule has 0 aliphatic carbocycles. The molecule has 0 saturated heterocycles. The van der Waals surface area contributed by atoms with E-state index >= 15 is 0 Å². The van der Waals surface area contributed by atoms with Gasteiger partial charge < -0.3 is 4.74 Å². The number of rotatable bonds is 2. The van der Waals surface area contributed by atoms with Crippen molar-refractivity contribution >= 4 is 36.6 Å². The minimum atomic E-state index is -0.275. The number of hydrogen-bond acceptors (Lipinski definition) is 2. The summed E-state index contributed by atoms with van der Waals surface area (Å²) >= 11 is 0. The molecule has 4 rings (SSSR count). The van der Waals surface area contributed by atoms with Crippen LogP contribution in [0, 0.1) is 0 Å². The van der Waals surface area contributed by atoms with Gasteiger partial charge in [-0.2, -0.15) is 0 Å². The molecule has 0 N–H and O–H groups in total. The first-order valence-corrected chi connectivity index (χ1v) is 8.64. The predicted octanol–water partition coefficient (Wildman–Crippen LogP) is 5.52. The van der Waals surface area contributed by atoms with Crippen LogP contribution in [0.4, 0.5) is 0 Å². The standard InChI is InChI=1S/C20H15O2S/c1-22-20(21)17-12-7-11-16-15-10-5-6-13-18(15)23(19(16)17)14-8-3-2-4-9-14/h2-13H,1H3/q+1. The molecule has 0 spiro atoms. The summed E-state index contributed by atoms with van der Waals surface area (Å²) in [6, 6.07) is 24.6. The van der Waals surface area contributed by atoms with Crippen LogP contribution in [0.3, 0.4) is 0 Å². The summed E-state index contributed by atoms with van der Waals surface area (Å²) in [4.78, 5) is 13.5. The highest BCUT2D eigenvalue weighted by molar-refractivity contribution is 7.50. The second-order valence-electron chi connectivity index (χ2n) is 5.29. The molecule has 2 nitrogen and oxygen atoms in total. The van der Waals surface area contributed by atoms with Crippen LogP contribution >= 0.6 is 10.5 Å². The highest BCUT2D eigenvalue weighted by Crippen LogP contribution is 2.49. The topological polar surface area (TPSA) is 26.3 Å². The molecule has 0 aliphatic rings. The van der Waals surface area contributed by atoms with Crippen molar-refractivity contribution in [1.29, 1.82) is 0 Å². The third-order valence-electron chi connectivity index (χ3n) is 4.00. The molecule has 0 fully saturated rings. The Morgan fingerprint density at radius 1 is 0.826 bits per heavy atom. The Kier molecular flexibility index (Phi) is 3.36. The highest BCUT2D eigenvalue weighted by Gasteiger charge is 2.28. The lowest BCUT2D eigenvalue weighted by molar-refractivity contribution is 0.0603. The molecule has 0 amide bonds. The van der Waals surface area contributed by atoms with Crippen molar-refractivity contribution in [2.75, 3.05) is 7.11 Å². The van der Waals surface area contributed by atoms with Gasteiger partial charge in [0.05, 0.1) is 7.11 Å². The van der Waals surface area contributed by atoms with Crippen molar-refractivity contribution in [3.8, 4) is 4.90 Å². The van der Waals surface area contributed by atoms with Gasteiger partial charge in [0, 0.05) is 21.2 Å². The monoisotopic (exact) mass is 319 g/mol. The lowest BCUT2D eigenvalue weighted by Crippen LogP contribution is -2.01. The summed E-state index contributed by atoms with van der Waals surface area (Å²) in [6.45, 7) is 0. The SMILES string of the molecule is COC(=O)c1cccc2c3ccccc3[s+](-c3ccccc3)c12. The van der Waals surface area contributed by atoms with Gasteiger partial charge in [0.15, 0.2) is 9.60 Å². The van der Waals surface area contributed by atoms with E-state index in [9.17, 15) is 4.79 Å². The van der Waals surface area contributed by atoms with Gasteiger partial charge in [-0.1, -0.05) is 36.4 Å². The van der Waals surface area contributed by atoms with Crippen molar-refractivity contribution < 1.29 is 9.53 Å². The number of carbonyl (C=O) groups is 1. The number of methoxy groups -OCH3 is 1. The maximum absolute atomic E-state index is 12.3. The second-order valence-corrected chi connectivity index (χ2v) is 7.22. The van der Waals surface area contributed by atoms with E-state index in [1.165, 1.54) is 22.1 Å². The van der Waals surface area contributed by atoms with E-state index in [0.717, 1.165) is 10.1 Å². The second kappa shape index (κ2) is 5.52. The average Bonchev–Trinajstić information content (AvgIpc) is 2.96. The van der Waals surface area contributed by atoms with Gasteiger partial charge in [0.1, 0.15) is 5.56 Å². The zero-order valence-corrected chi connectivity index (χ0v) is 13.5. The molecule has 1 unspecified atom stereocenters. The number of carbonyl (C=O) groups excluding carboxylic acids is 1. The van der Waals surface area contributed by atoms with Crippen LogP contribution in [0.25, 0.3) is 25.1 Å². The van der Waals surface area contributed by atoms with Gasteiger partial charge in [0.2, 0.25) is 4.70 Å². The van der Waals surface area contributed by atoms with Gasteiger partial charge in [-0.15, -0.1) is 0 Å². The molecule has 112 valence electrons. The fourth-order valence-corrected chi connectivity index (χ4v) is 5.54. The number of fused-ring (bicyclic) bond motifs is 3. The van der Waals surface area contributed by atoms with Crippen molar-refractivity contribution in [2.45, 2.75) is 0 Å². The Labute approximate surface area is 136 Å². The van der Waals surface area contributed by atoms with Crippen LogP contribution in [0.15, 0.2) is 72.8 Å². The lowest BCUT2D eigenvalue weighted by atomic mass is 10.1. The van der Waals surface area contributed by atoms with Gasteiger partial charge in [-0.05, 0) is 36.4 Å². The van der Waals surface area contributed by atoms with Gasteiger partial charge in [0.25, 0.3) is 0 Å². The first-order valence-electron chi connectivity index (χ1n) is 7.41. The normalized spacial score (nSPS) is 11.8. The van der Waals surface area contributed by atoms with Crippen molar-refractivity contribution in [3.05, 3.63) is 78.4 Å². The number of esters is 1. The van der Waals surface area contributed by atoms with Crippen LogP contribution in [0.2, 0.25) is 0 Å². The molecule has 1 heterocycles. The third-order valence-corrected chi connectivity index (χ3v) is 6.39. The number of hydrogen-bond donors (Lipinski definition) is 0. The zero-order chi connectivity index (χ0) is 15.8. The maximum Gasteiger partial charge on any atom is 0.343 e. The lowest BCUT2D eigenvalue weighted by Gasteiger charge is -1.99. The van der Waals surface area contributed by atoms with Crippen LogP contribution in [0.1, 0.15) is 10.4 Å². The summed E-state index contributed by atoms with van der Waals surface area (Å²) in [6.07, 6.45) is 0. The summed E-state index contributed by atoms with van der Waals surface area (Å²) in [5, 5.41) is 2.34. The van der Waals surface area contributed by atoms with Gasteiger partial charge in [-0.3, -0.25) is 0 Å². The van der Waals surface area contributed by atoms with E-state index in [-0.39, 0.29) is 16.4 Å². The van der Waals surface area contributed by atoms with Crippen LogP contribution < -0.4 is 0 Å². The molecule has 23 heavy (non-hydrogen) atoms. The number of benzene rings is 3. The Hall–Kier alpha value is -2.65. The number of thiophene rings is 1. The molecule has 1 atom stereocenters. The molecule has 0 radical (unpaired) electrons. The molecule has 3 heteroatoms. The summed E-state index contributed by atoms with van der Waals surface area (Å²) < 4.78 is 7.35. The molecule has 0 aliphatic heterocycles. The summed E-state index contributed by atoms with van der Waals surface area (Å²) in [7, 11) is 1.16. The van der Waals surface area contributed by atoms with Gasteiger partial charge >= 0.3 is 5.97 Å². The molecular formula is C20H15O2S+. The summed E-state index contributed by atoms with van der Waals surface area (Å²) in [5.41, 5.74) is 0.661. The molecule has 0 bridgehead atoms. The average molecular weight is 319 g/mol. The first-order chi connectivity index (χ1) is 11.3. The maximum atomic E-state index is 12.3. The highest BCUT2D eigenvalue weighted by atomic mass is 32.2. The minimum absolute atomic E-state index is 0.275. The summed E-state index contributed by atoms with van der Waals surface area (Å²) in [5.74, 6) is -0.275. The molecule has 1 aromatic heterocycles. The fourth-order valence-electron chi connectivity index (χ4n) is 3.02. The van der Waals surface area contributed by atoms with Crippen molar-refractivity contribution in [2.24, 2.45) is 0 Å². The van der Waals surface area contributed by atoms with E-state index in [1.807, 2.05) is 36.4 Å². The quantitative estimate of drug-likeness (QED) is 0.359. The third kappa shape index (κ3) is 2.13. The van der Waals surface area contributed by atoms with E-state index < -0.39 is 0 Å². The predicted molar refractivity (Wildman–Crippen MR) is 96.6 cm³/mol. The van der Waals surface area contributed by atoms with Crippen LogP contribution in [0.5, 0.6) is 0 Å². The van der Waals surface area contributed by atoms with Crippen molar-refractivity contribution in [3.63, 3.8) is 0 Å². The van der Waals surface area contributed by atoms with Crippen LogP contribution in [-0.2, 0) is 4.74 Å². The molecule has 0 saturated carbocycles. The Balaban J connectivity index is 2.23. The van der Waals surface area contributed by atoms with E-state index in [1.54, 1.807) is 0 Å². The fraction of sp³-hybridized carbons (Fsp3) is 0.0500. The zero-order valence-electron chi connectivity index (χ0n) is 12.7. The Morgan fingerprint density at radius 2 is 1.52 bits per heavy atom. The van der Waals surface area contributed by atoms with Crippen LogP contribution in [-0.4, -0.2) is 13.1 Å². The van der Waals surface area contributed by atoms with Crippen molar-refractivity contribution in [1.82, 2.24) is 0 Å². The van der Waals surface area contributed by atoms with E-state index in [4.69, 9.17) is 4.74 Å². The first kappa shape index (κ1) is 14.0. The molecular weight excluding hydrogens is 304 g/mol. The molecule has 3 aromatic carbocycles. The van der Waals surface area contributed by atoms with E-state index in [0.29, 0.717) is 5.56 Å². The van der Waals surface area contributed by atoms with Gasteiger partial charge in [-0.25, -0.2) is 4.79 Å². The van der Waals surface area contributed by atoms with E-state index in [2.05, 4.69) is 36.4 Å². The Morgan fingerprint density at radius 3 is 2.30 bits per heavy atom. The Bertz CT molecular complexity index is 1020. The minimum Gasteiger partial charge on any atom is -0.465 e.